The van der Waals surface area contributed by atoms with Crippen molar-refractivity contribution in [3.63, 3.8) is 0 Å². The Morgan fingerprint density at radius 1 is 1.12 bits per heavy atom. The lowest BCUT2D eigenvalue weighted by Gasteiger charge is -2.08. The predicted molar refractivity (Wildman–Crippen MR) is 94.2 cm³/mol. The second kappa shape index (κ2) is 7.18. The molecule has 0 bridgehead atoms. The zero-order chi connectivity index (χ0) is 17.1. The van der Waals surface area contributed by atoms with Gasteiger partial charge in [0.1, 0.15) is 5.82 Å². The Morgan fingerprint density at radius 3 is 2.67 bits per heavy atom. The topological polar surface area (TPSA) is 46.2 Å². The molecule has 1 amide bonds. The lowest BCUT2D eigenvalue weighted by atomic mass is 10.1. The number of fused-ring (bicyclic) bond motifs is 1. The van der Waals surface area contributed by atoms with Crippen LogP contribution in [0.25, 0.3) is 0 Å². The first kappa shape index (κ1) is 16.7. The van der Waals surface area contributed by atoms with Gasteiger partial charge in [-0.2, -0.15) is 0 Å². The van der Waals surface area contributed by atoms with Gasteiger partial charge in [0, 0.05) is 16.1 Å². The monoisotopic (exact) mass is 343 g/mol. The summed E-state index contributed by atoms with van der Waals surface area (Å²) in [6, 6.07) is 10.3. The summed E-state index contributed by atoms with van der Waals surface area (Å²) in [5, 5.41) is 2.85. The number of hydrogen-bond donors (Lipinski definition) is 1. The van der Waals surface area contributed by atoms with E-state index >= 15 is 0 Å². The molecule has 0 fully saturated rings. The number of carbonyl (C=O) groups excluding carboxylic acids is 2. The minimum absolute atomic E-state index is 0.118. The number of carbonyl (C=O) groups is 2. The van der Waals surface area contributed by atoms with Gasteiger partial charge in [-0.15, -0.1) is 11.8 Å². The second-order valence-corrected chi connectivity index (χ2v) is 6.89. The van der Waals surface area contributed by atoms with E-state index in [9.17, 15) is 14.0 Å². The van der Waals surface area contributed by atoms with Crippen molar-refractivity contribution >= 4 is 29.1 Å². The number of ketones is 1. The fourth-order valence-corrected chi connectivity index (χ4v) is 3.55. The van der Waals surface area contributed by atoms with E-state index in [1.807, 2.05) is 12.1 Å². The summed E-state index contributed by atoms with van der Waals surface area (Å²) in [6.45, 7) is 1.39. The predicted octanol–water partition coefficient (Wildman–Crippen LogP) is 4.25. The Bertz CT molecular complexity index is 804. The smallest absolute Gasteiger partial charge is 0.234 e. The molecule has 3 nitrogen and oxygen atoms in total. The van der Waals surface area contributed by atoms with E-state index in [2.05, 4.69) is 11.4 Å². The molecule has 1 aliphatic rings. The Hall–Kier alpha value is -2.14. The molecule has 2 aromatic rings. The summed E-state index contributed by atoms with van der Waals surface area (Å²) in [5.74, 6) is -0.709. The fraction of sp³-hybridized carbons (Fsp3) is 0.263. The third kappa shape index (κ3) is 3.85. The highest BCUT2D eigenvalue weighted by atomic mass is 32.2. The molecular weight excluding hydrogens is 325 g/mol. The van der Waals surface area contributed by atoms with Crippen LogP contribution in [0.15, 0.2) is 41.3 Å². The summed E-state index contributed by atoms with van der Waals surface area (Å²) in [7, 11) is 0. The minimum atomic E-state index is -0.474. The third-order valence-corrected chi connectivity index (χ3v) is 5.13. The maximum atomic E-state index is 13.9. The molecule has 0 saturated carbocycles. The number of hydrogen-bond acceptors (Lipinski definition) is 3. The van der Waals surface area contributed by atoms with Gasteiger partial charge in [0.2, 0.25) is 5.91 Å². The number of amides is 1. The van der Waals surface area contributed by atoms with E-state index in [4.69, 9.17) is 0 Å². The van der Waals surface area contributed by atoms with Crippen molar-refractivity contribution in [2.75, 3.05) is 11.1 Å². The quantitative estimate of drug-likeness (QED) is 0.652. The van der Waals surface area contributed by atoms with Gasteiger partial charge in [0.15, 0.2) is 5.78 Å². The van der Waals surface area contributed by atoms with Crippen molar-refractivity contribution in [2.24, 2.45) is 0 Å². The highest BCUT2D eigenvalue weighted by molar-refractivity contribution is 8.00. The number of rotatable bonds is 5. The van der Waals surface area contributed by atoms with Crippen molar-refractivity contribution < 1.29 is 14.0 Å². The van der Waals surface area contributed by atoms with Crippen LogP contribution in [0.3, 0.4) is 0 Å². The molecule has 24 heavy (non-hydrogen) atoms. The van der Waals surface area contributed by atoms with Crippen LogP contribution in [-0.4, -0.2) is 17.4 Å². The molecule has 0 spiro atoms. The van der Waals surface area contributed by atoms with Gasteiger partial charge in [-0.05, 0) is 61.6 Å². The van der Waals surface area contributed by atoms with Crippen LogP contribution in [0.5, 0.6) is 0 Å². The second-order valence-electron chi connectivity index (χ2n) is 5.88. The van der Waals surface area contributed by atoms with Crippen LogP contribution in [0, 0.1) is 5.82 Å². The van der Waals surface area contributed by atoms with E-state index in [1.54, 1.807) is 12.1 Å². The molecule has 0 unspecified atom stereocenters. The molecule has 0 aliphatic heterocycles. The van der Waals surface area contributed by atoms with Crippen molar-refractivity contribution in [2.45, 2.75) is 31.1 Å². The van der Waals surface area contributed by atoms with Gasteiger partial charge < -0.3 is 5.32 Å². The molecular formula is C19H18FNO2S. The lowest BCUT2D eigenvalue weighted by Crippen LogP contribution is -2.14. The normalized spacial score (nSPS) is 12.8. The average molecular weight is 343 g/mol. The Kier molecular flexibility index (Phi) is 5.00. The van der Waals surface area contributed by atoms with Crippen molar-refractivity contribution in [1.82, 2.24) is 0 Å². The van der Waals surface area contributed by atoms with Crippen LogP contribution < -0.4 is 5.32 Å². The largest absolute Gasteiger partial charge is 0.325 e. The summed E-state index contributed by atoms with van der Waals surface area (Å²) in [4.78, 5) is 23.7. The van der Waals surface area contributed by atoms with E-state index in [-0.39, 0.29) is 17.4 Å². The van der Waals surface area contributed by atoms with Gasteiger partial charge in [-0.3, -0.25) is 9.59 Å². The highest BCUT2D eigenvalue weighted by Gasteiger charge is 2.13. The number of halogens is 1. The van der Waals surface area contributed by atoms with Crippen LogP contribution in [0.1, 0.15) is 34.8 Å². The van der Waals surface area contributed by atoms with Crippen LogP contribution >= 0.6 is 11.8 Å². The van der Waals surface area contributed by atoms with Crippen molar-refractivity contribution in [3.8, 4) is 0 Å². The first-order valence-corrected chi connectivity index (χ1v) is 8.86. The van der Waals surface area contributed by atoms with Crippen LogP contribution in [0.2, 0.25) is 0 Å². The average Bonchev–Trinajstić information content (AvgIpc) is 3.01. The number of thioether (sulfide) groups is 1. The summed E-state index contributed by atoms with van der Waals surface area (Å²) >= 11 is 1.12. The molecule has 1 N–H and O–H groups in total. The summed E-state index contributed by atoms with van der Waals surface area (Å²) < 4.78 is 13.9. The zero-order valence-electron chi connectivity index (χ0n) is 13.4. The molecule has 0 radical (unpaired) electrons. The van der Waals surface area contributed by atoms with E-state index < -0.39 is 5.82 Å². The molecule has 0 saturated heterocycles. The van der Waals surface area contributed by atoms with E-state index in [0.717, 1.165) is 36.7 Å². The molecule has 0 heterocycles. The number of nitrogens with one attached hydrogen (secondary N) is 1. The summed E-state index contributed by atoms with van der Waals surface area (Å²) in [6.07, 6.45) is 3.33. The van der Waals surface area contributed by atoms with Gasteiger partial charge >= 0.3 is 0 Å². The Balaban J connectivity index is 1.59. The number of benzene rings is 2. The van der Waals surface area contributed by atoms with Gasteiger partial charge in [0.25, 0.3) is 0 Å². The lowest BCUT2D eigenvalue weighted by molar-refractivity contribution is -0.113. The number of aryl methyl sites for hydroxylation is 2. The zero-order valence-corrected chi connectivity index (χ0v) is 14.2. The first-order chi connectivity index (χ1) is 11.5. The summed E-state index contributed by atoms with van der Waals surface area (Å²) in [5.41, 5.74) is 3.77. The standard InChI is InChI=1S/C19H18FNO2S/c1-12(22)14-6-8-18(17(20)10-14)24-11-19(23)21-16-7-5-13-3-2-4-15(13)9-16/h5-10H,2-4,11H2,1H3,(H,21,23). The number of Topliss-reactive ketones (excluding diaryl/α,β-unsaturated/α-hetero) is 1. The van der Waals surface area contributed by atoms with Gasteiger partial charge in [0.05, 0.1) is 5.75 Å². The molecule has 124 valence electrons. The maximum absolute atomic E-state index is 13.9. The third-order valence-electron chi connectivity index (χ3n) is 4.08. The van der Waals surface area contributed by atoms with Crippen molar-refractivity contribution in [1.29, 1.82) is 0 Å². The van der Waals surface area contributed by atoms with E-state index in [1.165, 1.54) is 24.1 Å². The highest BCUT2D eigenvalue weighted by Crippen LogP contribution is 2.26. The molecule has 0 aromatic heterocycles. The Labute approximate surface area is 144 Å². The molecule has 0 atom stereocenters. The van der Waals surface area contributed by atoms with Gasteiger partial charge in [-0.1, -0.05) is 12.1 Å². The fourth-order valence-electron chi connectivity index (χ4n) is 2.83. The van der Waals surface area contributed by atoms with Crippen molar-refractivity contribution in [3.05, 3.63) is 58.9 Å². The SMILES string of the molecule is CC(=O)c1ccc(SCC(=O)Nc2ccc3c(c2)CCC3)c(F)c1. The molecule has 1 aliphatic carbocycles. The van der Waals surface area contributed by atoms with E-state index in [0.29, 0.717) is 10.5 Å². The van der Waals surface area contributed by atoms with Crippen LogP contribution in [-0.2, 0) is 17.6 Å². The van der Waals surface area contributed by atoms with Crippen LogP contribution in [0.4, 0.5) is 10.1 Å². The van der Waals surface area contributed by atoms with Gasteiger partial charge in [-0.25, -0.2) is 4.39 Å². The maximum Gasteiger partial charge on any atom is 0.234 e. The molecule has 5 heteroatoms. The molecule has 2 aromatic carbocycles. The number of anilines is 1. The first-order valence-electron chi connectivity index (χ1n) is 7.88. The minimum Gasteiger partial charge on any atom is -0.325 e. The molecule has 3 rings (SSSR count). The Morgan fingerprint density at radius 2 is 1.92 bits per heavy atom.